The lowest BCUT2D eigenvalue weighted by Crippen LogP contribution is -2.61. The summed E-state index contributed by atoms with van der Waals surface area (Å²) in [6.45, 7) is 9.11. The Morgan fingerprint density at radius 1 is 0.535 bits per heavy atom. The van der Waals surface area contributed by atoms with Gasteiger partial charge >= 0.3 is 0 Å². The van der Waals surface area contributed by atoms with E-state index in [1.54, 1.807) is 0 Å². The average Bonchev–Trinajstić information content (AvgIpc) is 3.02. The molecule has 1 saturated carbocycles. The molecule has 2 aliphatic heterocycles. The van der Waals surface area contributed by atoms with E-state index < -0.39 is 0 Å². The maximum atomic E-state index is 2.59. The lowest BCUT2D eigenvalue weighted by Gasteiger charge is -2.45. The molecule has 1 fully saturated rings. The Labute approximate surface area is 257 Å². The summed E-state index contributed by atoms with van der Waals surface area (Å²) in [5, 5.41) is 0. The first-order valence-corrected chi connectivity index (χ1v) is 16.1. The van der Waals surface area contributed by atoms with Crippen molar-refractivity contribution in [2.24, 2.45) is 0 Å². The van der Waals surface area contributed by atoms with Gasteiger partial charge in [0.2, 0.25) is 0 Å². The molecule has 8 rings (SSSR count). The number of hydrogen-bond acceptors (Lipinski definition) is 2. The highest BCUT2D eigenvalue weighted by atomic mass is 15.2. The zero-order valence-corrected chi connectivity index (χ0v) is 25.8. The molecule has 0 N–H and O–H groups in total. The minimum Gasteiger partial charge on any atom is -0.311 e. The van der Waals surface area contributed by atoms with Crippen molar-refractivity contribution in [3.8, 4) is 0 Å². The Bertz CT molecular complexity index is 1880. The highest BCUT2D eigenvalue weighted by Gasteiger charge is 2.44. The summed E-state index contributed by atoms with van der Waals surface area (Å²) >= 11 is 0. The fraction of sp³-hybridized carbons (Fsp3) is 0.250. The molecular formula is C40H39BN2. The average molecular weight is 559 g/mol. The number of anilines is 6. The molecule has 0 radical (unpaired) electrons. The van der Waals surface area contributed by atoms with Crippen molar-refractivity contribution in [2.45, 2.75) is 65.7 Å². The Hall–Kier alpha value is -4.24. The quantitative estimate of drug-likeness (QED) is 0.200. The third kappa shape index (κ3) is 4.24. The van der Waals surface area contributed by atoms with Crippen LogP contribution < -0.4 is 26.2 Å². The van der Waals surface area contributed by atoms with E-state index in [1.165, 1.54) is 110 Å². The highest BCUT2D eigenvalue weighted by Crippen LogP contribution is 2.47. The first-order valence-electron chi connectivity index (χ1n) is 16.1. The van der Waals surface area contributed by atoms with Crippen LogP contribution in [0.5, 0.6) is 0 Å². The second-order valence-electron chi connectivity index (χ2n) is 13.2. The van der Waals surface area contributed by atoms with Crippen LogP contribution in [0.3, 0.4) is 0 Å². The molecule has 3 heteroatoms. The van der Waals surface area contributed by atoms with Crippen LogP contribution >= 0.6 is 0 Å². The lowest BCUT2D eigenvalue weighted by molar-refractivity contribution is 0.444. The van der Waals surface area contributed by atoms with Crippen LogP contribution in [0.1, 0.15) is 65.8 Å². The molecule has 0 amide bonds. The van der Waals surface area contributed by atoms with Gasteiger partial charge in [-0.2, -0.15) is 0 Å². The minimum atomic E-state index is 0.178. The maximum absolute atomic E-state index is 2.59. The van der Waals surface area contributed by atoms with Gasteiger partial charge in [-0.25, -0.2) is 0 Å². The van der Waals surface area contributed by atoms with E-state index in [-0.39, 0.29) is 6.71 Å². The molecule has 212 valence electrons. The summed E-state index contributed by atoms with van der Waals surface area (Å²) in [5.74, 6) is 0.602. The number of aryl methyl sites for hydroxylation is 4. The topological polar surface area (TPSA) is 6.48 Å². The smallest absolute Gasteiger partial charge is 0.252 e. The highest BCUT2D eigenvalue weighted by molar-refractivity contribution is 7.00. The summed E-state index contributed by atoms with van der Waals surface area (Å²) in [6, 6.07) is 37.3. The molecule has 0 bridgehead atoms. The van der Waals surface area contributed by atoms with E-state index in [2.05, 4.69) is 135 Å². The molecule has 5 aromatic carbocycles. The van der Waals surface area contributed by atoms with Gasteiger partial charge in [0.25, 0.3) is 6.71 Å². The predicted molar refractivity (Wildman–Crippen MR) is 185 cm³/mol. The van der Waals surface area contributed by atoms with Crippen molar-refractivity contribution in [3.63, 3.8) is 0 Å². The third-order valence-electron chi connectivity index (χ3n) is 10.1. The Morgan fingerprint density at radius 2 is 1.26 bits per heavy atom. The Kier molecular flexibility index (Phi) is 6.26. The Balaban J connectivity index is 1.50. The van der Waals surface area contributed by atoms with Crippen LogP contribution in [0.15, 0.2) is 97.1 Å². The van der Waals surface area contributed by atoms with Gasteiger partial charge in [-0.3, -0.25) is 0 Å². The van der Waals surface area contributed by atoms with E-state index in [9.17, 15) is 0 Å². The number of benzene rings is 5. The largest absolute Gasteiger partial charge is 0.311 e. The molecule has 43 heavy (non-hydrogen) atoms. The zero-order chi connectivity index (χ0) is 29.2. The van der Waals surface area contributed by atoms with Crippen molar-refractivity contribution in [2.75, 3.05) is 9.80 Å². The number of hydrogen-bond donors (Lipinski definition) is 0. The zero-order valence-electron chi connectivity index (χ0n) is 25.8. The van der Waals surface area contributed by atoms with Crippen LogP contribution in [0.4, 0.5) is 34.1 Å². The van der Waals surface area contributed by atoms with Crippen LogP contribution in [0, 0.1) is 27.7 Å². The van der Waals surface area contributed by atoms with E-state index in [1.807, 2.05) is 0 Å². The van der Waals surface area contributed by atoms with Crippen molar-refractivity contribution < 1.29 is 0 Å². The van der Waals surface area contributed by atoms with Gasteiger partial charge in [-0.1, -0.05) is 79.4 Å². The second kappa shape index (κ2) is 10.2. The van der Waals surface area contributed by atoms with Crippen molar-refractivity contribution >= 4 is 57.2 Å². The van der Waals surface area contributed by atoms with Gasteiger partial charge < -0.3 is 9.80 Å². The molecule has 0 spiro atoms. The molecule has 2 nitrogen and oxygen atoms in total. The third-order valence-corrected chi connectivity index (χ3v) is 10.1. The first kappa shape index (κ1) is 26.4. The lowest BCUT2D eigenvalue weighted by atomic mass is 9.33. The van der Waals surface area contributed by atoms with E-state index in [0.717, 1.165) is 0 Å². The molecule has 1 aliphatic carbocycles. The summed E-state index contributed by atoms with van der Waals surface area (Å²) < 4.78 is 0. The van der Waals surface area contributed by atoms with Crippen LogP contribution in [0.2, 0.25) is 0 Å². The molecule has 2 heterocycles. The number of fused-ring (bicyclic) bond motifs is 4. The maximum Gasteiger partial charge on any atom is 0.252 e. The fourth-order valence-corrected chi connectivity index (χ4v) is 8.04. The Morgan fingerprint density at radius 3 is 2.05 bits per heavy atom. The van der Waals surface area contributed by atoms with E-state index in [0.29, 0.717) is 5.92 Å². The summed E-state index contributed by atoms with van der Waals surface area (Å²) in [4.78, 5) is 5.16. The van der Waals surface area contributed by atoms with Crippen LogP contribution in [-0.2, 0) is 0 Å². The van der Waals surface area contributed by atoms with Gasteiger partial charge in [0.05, 0.1) is 0 Å². The van der Waals surface area contributed by atoms with Gasteiger partial charge in [0.1, 0.15) is 0 Å². The molecular weight excluding hydrogens is 519 g/mol. The molecule has 5 aromatic rings. The minimum absolute atomic E-state index is 0.178. The van der Waals surface area contributed by atoms with Crippen LogP contribution in [0.25, 0.3) is 0 Å². The van der Waals surface area contributed by atoms with Crippen molar-refractivity contribution in [1.29, 1.82) is 0 Å². The van der Waals surface area contributed by atoms with Gasteiger partial charge in [0.15, 0.2) is 0 Å². The number of para-hydroxylation sites is 1. The second-order valence-corrected chi connectivity index (χ2v) is 13.2. The normalized spacial score (nSPS) is 15.7. The van der Waals surface area contributed by atoms with E-state index in [4.69, 9.17) is 0 Å². The van der Waals surface area contributed by atoms with E-state index >= 15 is 0 Å². The summed E-state index contributed by atoms with van der Waals surface area (Å²) in [5.41, 5.74) is 18.7. The fourth-order valence-electron chi connectivity index (χ4n) is 8.04. The first-order chi connectivity index (χ1) is 21.0. The standard InChI is InChI=1S/C40H39BN2/c1-26-11-10-15-32(21-26)42-36-20-18-27(2)22-34(36)41-33-19-17-28(3)23-37(33)43(35-16-9-8-12-29(35)4)39-25-31(24-38(42)40(39)41)30-13-6-5-7-14-30/h8-12,15-25,30H,5-7,13-14H2,1-4H3. The monoisotopic (exact) mass is 558 g/mol. The van der Waals surface area contributed by atoms with Crippen molar-refractivity contribution in [3.05, 3.63) is 125 Å². The van der Waals surface area contributed by atoms with Crippen LogP contribution in [-0.4, -0.2) is 6.71 Å². The van der Waals surface area contributed by atoms with Gasteiger partial charge in [-0.05, 0) is 128 Å². The molecule has 0 saturated heterocycles. The van der Waals surface area contributed by atoms with Crippen molar-refractivity contribution in [1.82, 2.24) is 0 Å². The SMILES string of the molecule is Cc1cccc(N2c3ccc(C)cc3B3c4ccc(C)cc4N(c4ccccc4C)c4cc(C5CCCCC5)cc2c43)c1. The number of nitrogens with zero attached hydrogens (tertiary/aromatic N) is 2. The molecule has 3 aliphatic rings. The summed E-state index contributed by atoms with van der Waals surface area (Å²) in [6.07, 6.45) is 6.57. The predicted octanol–water partition coefficient (Wildman–Crippen LogP) is 9.05. The van der Waals surface area contributed by atoms with Gasteiger partial charge in [0, 0.05) is 34.1 Å². The molecule has 0 aromatic heterocycles. The number of rotatable bonds is 3. The summed E-state index contributed by atoms with van der Waals surface area (Å²) in [7, 11) is 0. The van der Waals surface area contributed by atoms with Gasteiger partial charge in [-0.15, -0.1) is 0 Å². The molecule has 0 atom stereocenters. The molecule has 0 unspecified atom stereocenters.